The van der Waals surface area contributed by atoms with Crippen LogP contribution in [0.25, 0.3) is 0 Å². The molecule has 0 aromatic carbocycles. The molecule has 0 saturated carbocycles. The number of rotatable bonds is 4. The van der Waals surface area contributed by atoms with Crippen molar-refractivity contribution in [3.63, 3.8) is 0 Å². The first-order valence-electron chi connectivity index (χ1n) is 6.35. The third-order valence-corrected chi connectivity index (χ3v) is 3.12. The van der Waals surface area contributed by atoms with Gasteiger partial charge in [-0.15, -0.1) is 0 Å². The van der Waals surface area contributed by atoms with Crippen LogP contribution in [0.2, 0.25) is 0 Å². The second kappa shape index (κ2) is 6.23. The van der Waals surface area contributed by atoms with Crippen molar-refractivity contribution in [3.8, 4) is 0 Å². The Kier molecular flexibility index (Phi) is 4.39. The fraction of sp³-hybridized carbons (Fsp3) is 0.538. The third-order valence-electron chi connectivity index (χ3n) is 3.12. The third kappa shape index (κ3) is 3.35. The Labute approximate surface area is 106 Å². The number of hydrogen-bond donors (Lipinski definition) is 1. The molecule has 1 saturated heterocycles. The quantitative estimate of drug-likeness (QED) is 0.878. The van der Waals surface area contributed by atoms with Gasteiger partial charge in [-0.3, -0.25) is 9.59 Å². The Morgan fingerprint density at radius 2 is 2.06 bits per heavy atom. The molecule has 1 fully saturated rings. The molecule has 5 heteroatoms. The fourth-order valence-electron chi connectivity index (χ4n) is 2.08. The number of carbonyl (C=O) groups is 2. The minimum absolute atomic E-state index is 0.127. The van der Waals surface area contributed by atoms with Crippen LogP contribution in [0.5, 0.6) is 0 Å². The normalized spacial score (nSPS) is 15.4. The Morgan fingerprint density at radius 3 is 2.72 bits per heavy atom. The van der Waals surface area contributed by atoms with Gasteiger partial charge in [-0.2, -0.15) is 0 Å². The van der Waals surface area contributed by atoms with Gasteiger partial charge in [0.1, 0.15) is 6.26 Å². The highest BCUT2D eigenvalue weighted by Crippen LogP contribution is 2.09. The van der Waals surface area contributed by atoms with Gasteiger partial charge >= 0.3 is 0 Å². The standard InChI is InChI=1S/C13H18N2O3/c16-12(15-7-2-1-3-8-15)4-6-14-13(17)11-5-9-18-10-11/h5,9-10H,1-4,6-8H2,(H,14,17). The van der Waals surface area contributed by atoms with E-state index in [1.807, 2.05) is 4.90 Å². The molecule has 5 nitrogen and oxygen atoms in total. The van der Waals surface area contributed by atoms with E-state index in [0.717, 1.165) is 25.9 Å². The second-order valence-electron chi connectivity index (χ2n) is 4.46. The van der Waals surface area contributed by atoms with Gasteiger partial charge in [0.25, 0.3) is 5.91 Å². The molecule has 0 bridgehead atoms. The lowest BCUT2D eigenvalue weighted by Crippen LogP contribution is -2.37. The highest BCUT2D eigenvalue weighted by molar-refractivity contribution is 5.94. The van der Waals surface area contributed by atoms with Gasteiger partial charge in [0, 0.05) is 26.1 Å². The minimum atomic E-state index is -0.199. The van der Waals surface area contributed by atoms with Crippen molar-refractivity contribution in [2.45, 2.75) is 25.7 Å². The van der Waals surface area contributed by atoms with E-state index in [4.69, 9.17) is 4.42 Å². The Balaban J connectivity index is 1.68. The average Bonchev–Trinajstić information content (AvgIpc) is 2.93. The Bertz CT molecular complexity index is 394. The van der Waals surface area contributed by atoms with Gasteiger partial charge in [-0.25, -0.2) is 0 Å². The monoisotopic (exact) mass is 250 g/mol. The number of furan rings is 1. The minimum Gasteiger partial charge on any atom is -0.472 e. The zero-order valence-corrected chi connectivity index (χ0v) is 10.4. The van der Waals surface area contributed by atoms with E-state index in [-0.39, 0.29) is 11.8 Å². The van der Waals surface area contributed by atoms with Gasteiger partial charge < -0.3 is 14.6 Å². The zero-order valence-electron chi connectivity index (χ0n) is 10.4. The van der Waals surface area contributed by atoms with Crippen molar-refractivity contribution in [2.24, 2.45) is 0 Å². The lowest BCUT2D eigenvalue weighted by atomic mass is 10.1. The van der Waals surface area contributed by atoms with Gasteiger partial charge in [0.2, 0.25) is 5.91 Å². The predicted molar refractivity (Wildman–Crippen MR) is 66.1 cm³/mol. The molecule has 0 aliphatic carbocycles. The van der Waals surface area contributed by atoms with Crippen LogP contribution in [0.1, 0.15) is 36.0 Å². The van der Waals surface area contributed by atoms with Gasteiger partial charge in [-0.1, -0.05) is 0 Å². The maximum atomic E-state index is 11.8. The number of carbonyl (C=O) groups excluding carboxylic acids is 2. The molecule has 2 rings (SSSR count). The summed E-state index contributed by atoms with van der Waals surface area (Å²) in [5.74, 6) is -0.0719. The molecule has 1 aromatic rings. The summed E-state index contributed by atoms with van der Waals surface area (Å²) in [4.78, 5) is 25.3. The molecule has 1 aliphatic heterocycles. The van der Waals surface area contributed by atoms with Crippen molar-refractivity contribution < 1.29 is 14.0 Å². The van der Waals surface area contributed by atoms with Gasteiger partial charge in [0.15, 0.2) is 0 Å². The number of piperidine rings is 1. The van der Waals surface area contributed by atoms with Crippen LogP contribution in [-0.2, 0) is 4.79 Å². The van der Waals surface area contributed by atoms with Crippen LogP contribution in [0, 0.1) is 0 Å². The van der Waals surface area contributed by atoms with E-state index in [9.17, 15) is 9.59 Å². The molecular formula is C13H18N2O3. The van der Waals surface area contributed by atoms with Crippen LogP contribution >= 0.6 is 0 Å². The largest absolute Gasteiger partial charge is 0.472 e. The topological polar surface area (TPSA) is 62.6 Å². The van der Waals surface area contributed by atoms with Gasteiger partial charge in [-0.05, 0) is 25.3 Å². The number of likely N-dealkylation sites (tertiary alicyclic amines) is 1. The lowest BCUT2D eigenvalue weighted by Gasteiger charge is -2.26. The van der Waals surface area contributed by atoms with E-state index in [1.165, 1.54) is 18.9 Å². The van der Waals surface area contributed by atoms with E-state index < -0.39 is 0 Å². The number of hydrogen-bond acceptors (Lipinski definition) is 3. The summed E-state index contributed by atoms with van der Waals surface area (Å²) in [7, 11) is 0. The molecule has 0 atom stereocenters. The maximum Gasteiger partial charge on any atom is 0.254 e. The first-order valence-corrected chi connectivity index (χ1v) is 6.35. The van der Waals surface area contributed by atoms with Crippen molar-refractivity contribution in [2.75, 3.05) is 19.6 Å². The van der Waals surface area contributed by atoms with Crippen molar-refractivity contribution >= 4 is 11.8 Å². The highest BCUT2D eigenvalue weighted by Gasteiger charge is 2.16. The highest BCUT2D eigenvalue weighted by atomic mass is 16.3. The molecule has 2 amide bonds. The van der Waals surface area contributed by atoms with Crippen molar-refractivity contribution in [1.29, 1.82) is 0 Å². The molecule has 1 N–H and O–H groups in total. The van der Waals surface area contributed by atoms with Crippen LogP contribution in [0.15, 0.2) is 23.0 Å². The van der Waals surface area contributed by atoms with Crippen molar-refractivity contribution in [1.82, 2.24) is 10.2 Å². The van der Waals surface area contributed by atoms with Crippen LogP contribution in [-0.4, -0.2) is 36.3 Å². The molecule has 1 aromatic heterocycles. The summed E-state index contributed by atoms with van der Waals surface area (Å²) in [6, 6.07) is 1.60. The van der Waals surface area contributed by atoms with Gasteiger partial charge in [0.05, 0.1) is 11.8 Å². The average molecular weight is 250 g/mol. The molecule has 98 valence electrons. The number of nitrogens with one attached hydrogen (secondary N) is 1. The fourth-order valence-corrected chi connectivity index (χ4v) is 2.08. The van der Waals surface area contributed by atoms with Crippen molar-refractivity contribution in [3.05, 3.63) is 24.2 Å². The first kappa shape index (κ1) is 12.7. The summed E-state index contributed by atoms with van der Waals surface area (Å²) in [6.07, 6.45) is 6.60. The molecule has 1 aliphatic rings. The van der Waals surface area contributed by atoms with Crippen LogP contribution in [0.4, 0.5) is 0 Å². The summed E-state index contributed by atoms with van der Waals surface area (Å²) < 4.78 is 4.82. The SMILES string of the molecule is O=C(NCCC(=O)N1CCCCC1)c1ccoc1. The van der Waals surface area contributed by atoms with E-state index in [1.54, 1.807) is 6.07 Å². The summed E-state index contributed by atoms with van der Waals surface area (Å²) in [5, 5.41) is 2.71. The zero-order chi connectivity index (χ0) is 12.8. The summed E-state index contributed by atoms with van der Waals surface area (Å²) in [6.45, 7) is 2.09. The molecule has 0 radical (unpaired) electrons. The Morgan fingerprint density at radius 1 is 1.28 bits per heavy atom. The summed E-state index contributed by atoms with van der Waals surface area (Å²) in [5.41, 5.74) is 0.487. The molecule has 0 spiro atoms. The van der Waals surface area contributed by atoms with E-state index in [2.05, 4.69) is 5.32 Å². The smallest absolute Gasteiger partial charge is 0.254 e. The molecular weight excluding hydrogens is 232 g/mol. The Hall–Kier alpha value is -1.78. The predicted octanol–water partition coefficient (Wildman–Crippen LogP) is 1.41. The van der Waals surface area contributed by atoms with Crippen LogP contribution in [0.3, 0.4) is 0 Å². The lowest BCUT2D eigenvalue weighted by molar-refractivity contribution is -0.131. The van der Waals surface area contributed by atoms with Crippen LogP contribution < -0.4 is 5.32 Å². The molecule has 18 heavy (non-hydrogen) atoms. The number of nitrogens with zero attached hydrogens (tertiary/aromatic N) is 1. The maximum absolute atomic E-state index is 11.8. The first-order chi connectivity index (χ1) is 8.77. The summed E-state index contributed by atoms with van der Waals surface area (Å²) >= 11 is 0. The van der Waals surface area contributed by atoms with E-state index in [0.29, 0.717) is 18.5 Å². The second-order valence-corrected chi connectivity index (χ2v) is 4.46. The number of amides is 2. The van der Waals surface area contributed by atoms with E-state index >= 15 is 0 Å². The molecule has 2 heterocycles. The molecule has 0 unspecified atom stereocenters.